The summed E-state index contributed by atoms with van der Waals surface area (Å²) in [6, 6.07) is 8.02. The third kappa shape index (κ3) is 8.63. The van der Waals surface area contributed by atoms with E-state index >= 15 is 0 Å². The summed E-state index contributed by atoms with van der Waals surface area (Å²) in [4.78, 5) is 12.7. The lowest BCUT2D eigenvalue weighted by atomic mass is 9.82. The second-order valence-electron chi connectivity index (χ2n) is 7.91. The van der Waals surface area contributed by atoms with Crippen molar-refractivity contribution >= 4 is 27.6 Å². The fraction of sp³-hybridized carbons (Fsp3) is 0.650. The Kier molecular flexibility index (Phi) is 10.3. The molecule has 3 N–H and O–H groups in total. The first kappa shape index (κ1) is 27.7. The molecule has 0 saturated heterocycles. The standard InChI is InChI=1S/C18H30N2O2S2.C2HF3O2/c1-13(2)20(3)15-5-10-18(19)14(11-15)12-24(21,22)17-8-6-16(23-4)7-9-17;3-2(4,5)1(6)7/h6-9,13-15,18H,5,10-12,19H2,1-4H3;(H,6,7)/t14-,15+,18-;/m0./s1. The van der Waals surface area contributed by atoms with Crippen molar-refractivity contribution in [1.82, 2.24) is 4.90 Å². The number of sulfone groups is 1. The Morgan fingerprint density at radius 3 is 2.19 bits per heavy atom. The van der Waals surface area contributed by atoms with E-state index in [4.69, 9.17) is 15.6 Å². The van der Waals surface area contributed by atoms with Gasteiger partial charge in [0.05, 0.1) is 10.6 Å². The Labute approximate surface area is 186 Å². The van der Waals surface area contributed by atoms with Gasteiger partial charge in [-0.25, -0.2) is 13.2 Å². The number of carbonyl (C=O) groups is 1. The molecule has 11 heteroatoms. The maximum absolute atomic E-state index is 12.8. The van der Waals surface area contributed by atoms with Crippen molar-refractivity contribution in [1.29, 1.82) is 0 Å². The van der Waals surface area contributed by atoms with Gasteiger partial charge in [-0.3, -0.25) is 0 Å². The number of alkyl halides is 3. The monoisotopic (exact) mass is 484 g/mol. The van der Waals surface area contributed by atoms with E-state index < -0.39 is 22.0 Å². The van der Waals surface area contributed by atoms with Gasteiger partial charge in [-0.15, -0.1) is 11.8 Å². The molecule has 3 atom stereocenters. The highest BCUT2D eigenvalue weighted by Crippen LogP contribution is 2.30. The zero-order valence-electron chi connectivity index (χ0n) is 18.1. The quantitative estimate of drug-likeness (QED) is 0.595. The molecule has 0 spiro atoms. The first-order valence-electron chi connectivity index (χ1n) is 9.83. The second kappa shape index (κ2) is 11.5. The number of hydrogen-bond acceptors (Lipinski definition) is 6. The molecule has 0 unspecified atom stereocenters. The van der Waals surface area contributed by atoms with E-state index in [2.05, 4.69) is 25.8 Å². The van der Waals surface area contributed by atoms with Crippen LogP contribution in [0.1, 0.15) is 33.1 Å². The molecule has 0 bridgehead atoms. The molecule has 0 radical (unpaired) electrons. The zero-order chi connectivity index (χ0) is 24.0. The van der Waals surface area contributed by atoms with Gasteiger partial charge in [-0.2, -0.15) is 13.2 Å². The molecule has 0 aliphatic heterocycles. The number of aliphatic carboxylic acids is 1. The molecule has 1 saturated carbocycles. The Bertz CT molecular complexity index is 815. The SMILES string of the molecule is CSc1ccc(S(=O)(=O)C[C@@H]2C[C@H](N(C)C(C)C)CC[C@@H]2N)cc1.O=C(O)C(F)(F)F. The predicted molar refractivity (Wildman–Crippen MR) is 116 cm³/mol. The summed E-state index contributed by atoms with van der Waals surface area (Å²) in [6.07, 6.45) is -0.296. The van der Waals surface area contributed by atoms with Crippen molar-refractivity contribution < 1.29 is 31.5 Å². The number of benzene rings is 1. The highest BCUT2D eigenvalue weighted by atomic mass is 32.2. The van der Waals surface area contributed by atoms with Crippen LogP contribution < -0.4 is 5.73 Å². The normalized spacial score (nSPS) is 22.2. The second-order valence-corrected chi connectivity index (χ2v) is 10.8. The number of hydrogen-bond donors (Lipinski definition) is 2. The minimum atomic E-state index is -5.08. The summed E-state index contributed by atoms with van der Waals surface area (Å²) in [5, 5.41) is 7.12. The van der Waals surface area contributed by atoms with Crippen LogP contribution in [0.25, 0.3) is 0 Å². The van der Waals surface area contributed by atoms with E-state index in [1.165, 1.54) is 0 Å². The molecular formula is C20H31F3N2O4S2. The number of carboxylic acids is 1. The molecule has 31 heavy (non-hydrogen) atoms. The van der Waals surface area contributed by atoms with E-state index in [0.717, 1.165) is 24.2 Å². The van der Waals surface area contributed by atoms with Crippen molar-refractivity contribution in [3.8, 4) is 0 Å². The summed E-state index contributed by atoms with van der Waals surface area (Å²) >= 11 is 1.61. The Hall–Kier alpha value is -1.30. The van der Waals surface area contributed by atoms with Crippen molar-refractivity contribution in [3.63, 3.8) is 0 Å². The van der Waals surface area contributed by atoms with Crippen molar-refractivity contribution in [2.24, 2.45) is 11.7 Å². The van der Waals surface area contributed by atoms with Crippen molar-refractivity contribution in [2.75, 3.05) is 19.1 Å². The van der Waals surface area contributed by atoms with E-state index in [1.54, 1.807) is 23.9 Å². The number of thioether (sulfide) groups is 1. The van der Waals surface area contributed by atoms with Crippen LogP contribution in [0, 0.1) is 5.92 Å². The Balaban J connectivity index is 0.000000592. The summed E-state index contributed by atoms with van der Waals surface area (Å²) in [7, 11) is -1.17. The van der Waals surface area contributed by atoms with E-state index in [-0.39, 0.29) is 17.7 Å². The van der Waals surface area contributed by atoms with Crippen LogP contribution in [0.3, 0.4) is 0 Å². The molecule has 2 rings (SSSR count). The molecule has 1 aliphatic carbocycles. The Morgan fingerprint density at radius 1 is 1.26 bits per heavy atom. The lowest BCUT2D eigenvalue weighted by Crippen LogP contribution is -2.48. The molecule has 1 aromatic carbocycles. The van der Waals surface area contributed by atoms with Gasteiger partial charge in [0.1, 0.15) is 0 Å². The van der Waals surface area contributed by atoms with Gasteiger partial charge < -0.3 is 15.7 Å². The average Bonchev–Trinajstić information content (AvgIpc) is 2.68. The number of rotatable bonds is 6. The molecule has 178 valence electrons. The molecule has 0 amide bonds. The van der Waals surface area contributed by atoms with Crippen molar-refractivity contribution in [2.45, 2.75) is 67.2 Å². The number of halogens is 3. The molecule has 1 aliphatic rings. The van der Waals surface area contributed by atoms with Crippen LogP contribution in [0.15, 0.2) is 34.1 Å². The van der Waals surface area contributed by atoms with Crippen LogP contribution >= 0.6 is 11.8 Å². The number of carboxylic acid groups (broad SMARTS) is 1. The van der Waals surface area contributed by atoms with Crippen LogP contribution in [0.2, 0.25) is 0 Å². The van der Waals surface area contributed by atoms with Gasteiger partial charge >= 0.3 is 12.1 Å². The number of nitrogens with zero attached hydrogens (tertiary/aromatic N) is 1. The van der Waals surface area contributed by atoms with Crippen LogP contribution in [0.5, 0.6) is 0 Å². The van der Waals surface area contributed by atoms with Crippen molar-refractivity contribution in [3.05, 3.63) is 24.3 Å². The van der Waals surface area contributed by atoms with E-state index in [0.29, 0.717) is 17.0 Å². The predicted octanol–water partition coefficient (Wildman–Crippen LogP) is 3.65. The maximum Gasteiger partial charge on any atom is 0.490 e. The van der Waals surface area contributed by atoms with Crippen LogP contribution in [-0.4, -0.2) is 67.8 Å². The van der Waals surface area contributed by atoms with Gasteiger partial charge in [-0.05, 0) is 76.6 Å². The summed E-state index contributed by atoms with van der Waals surface area (Å²) in [5.41, 5.74) is 6.26. The van der Waals surface area contributed by atoms with Crippen LogP contribution in [0.4, 0.5) is 13.2 Å². The van der Waals surface area contributed by atoms with Crippen LogP contribution in [-0.2, 0) is 14.6 Å². The molecule has 1 fully saturated rings. The average molecular weight is 485 g/mol. The fourth-order valence-electron chi connectivity index (χ4n) is 3.41. The fourth-order valence-corrected chi connectivity index (χ4v) is 5.51. The molecular weight excluding hydrogens is 453 g/mol. The topological polar surface area (TPSA) is 101 Å². The lowest BCUT2D eigenvalue weighted by Gasteiger charge is -2.40. The van der Waals surface area contributed by atoms with E-state index in [9.17, 15) is 21.6 Å². The first-order valence-corrected chi connectivity index (χ1v) is 12.7. The third-order valence-corrected chi connectivity index (χ3v) is 8.10. The summed E-state index contributed by atoms with van der Waals surface area (Å²) in [5.74, 6) is -2.59. The maximum atomic E-state index is 12.8. The minimum absolute atomic E-state index is 0.0233. The first-order chi connectivity index (χ1) is 14.2. The van der Waals surface area contributed by atoms with Gasteiger partial charge in [0.25, 0.3) is 0 Å². The van der Waals surface area contributed by atoms with E-state index in [1.807, 2.05) is 18.4 Å². The lowest BCUT2D eigenvalue weighted by molar-refractivity contribution is -0.192. The zero-order valence-corrected chi connectivity index (χ0v) is 19.7. The molecule has 0 heterocycles. The minimum Gasteiger partial charge on any atom is -0.475 e. The largest absolute Gasteiger partial charge is 0.490 e. The Morgan fingerprint density at radius 2 is 1.77 bits per heavy atom. The summed E-state index contributed by atoms with van der Waals surface area (Å²) in [6.45, 7) is 4.35. The molecule has 6 nitrogen and oxygen atoms in total. The summed E-state index contributed by atoms with van der Waals surface area (Å²) < 4.78 is 57.3. The highest BCUT2D eigenvalue weighted by molar-refractivity contribution is 7.98. The van der Waals surface area contributed by atoms with Gasteiger partial charge in [0, 0.05) is 23.0 Å². The highest BCUT2D eigenvalue weighted by Gasteiger charge is 2.38. The van der Waals surface area contributed by atoms with Gasteiger partial charge in [0.2, 0.25) is 0 Å². The van der Waals surface area contributed by atoms with Gasteiger partial charge in [0.15, 0.2) is 9.84 Å². The number of nitrogens with two attached hydrogens (primary N) is 1. The molecule has 0 aromatic heterocycles. The molecule has 1 aromatic rings. The third-order valence-electron chi connectivity index (χ3n) is 5.50. The smallest absolute Gasteiger partial charge is 0.475 e. The van der Waals surface area contributed by atoms with Gasteiger partial charge in [-0.1, -0.05) is 0 Å².